The largest absolute Gasteiger partial charge is 2.00 e. The van der Waals surface area contributed by atoms with Crippen LogP contribution in [0.25, 0.3) is 22.8 Å². The molecule has 0 amide bonds. The molecule has 0 fully saturated rings. The van der Waals surface area contributed by atoms with Crippen LogP contribution in [0.4, 0.5) is 0 Å². The summed E-state index contributed by atoms with van der Waals surface area (Å²) in [6.07, 6.45) is 0. The first kappa shape index (κ1) is 39.5. The van der Waals surface area contributed by atoms with Crippen molar-refractivity contribution in [2.75, 3.05) is 0 Å². The van der Waals surface area contributed by atoms with E-state index in [-0.39, 0.29) is 22.5 Å². The van der Waals surface area contributed by atoms with Gasteiger partial charge in [-0.1, -0.05) is 24.3 Å². The van der Waals surface area contributed by atoms with Crippen molar-refractivity contribution in [3.63, 3.8) is 0 Å². The average Bonchev–Trinajstić information content (AvgIpc) is 2.77. The van der Waals surface area contributed by atoms with Crippen molar-refractivity contribution in [2.45, 2.75) is 27.7 Å². The Morgan fingerprint density at radius 2 is 0.550 bits per heavy atom. The van der Waals surface area contributed by atoms with Crippen LogP contribution in [0, 0.1) is 48.2 Å². The molecule has 0 spiro atoms. The van der Waals surface area contributed by atoms with E-state index in [9.17, 15) is 0 Å². The molecule has 0 aliphatic rings. The molecular formula is C24H27Cl2CuN4O9+. The van der Waals surface area contributed by atoms with Crippen molar-refractivity contribution in [1.29, 1.82) is 0 Å². The molecule has 0 unspecified atom stereocenters. The van der Waals surface area contributed by atoms with Crippen LogP contribution in [0.5, 0.6) is 0 Å². The Bertz CT molecular complexity index is 1100. The van der Waals surface area contributed by atoms with E-state index in [4.69, 9.17) is 37.3 Å². The van der Waals surface area contributed by atoms with Gasteiger partial charge in [-0.25, -0.2) is 37.3 Å². The summed E-state index contributed by atoms with van der Waals surface area (Å²) in [5.41, 5.74) is 7.83. The van der Waals surface area contributed by atoms with Gasteiger partial charge in [-0.05, 0) is 76.2 Å². The second-order valence-electron chi connectivity index (χ2n) is 7.41. The molecule has 4 aromatic rings. The monoisotopic (exact) mass is 648 g/mol. The second kappa shape index (κ2) is 18.6. The summed E-state index contributed by atoms with van der Waals surface area (Å²) in [4.78, 5) is 17.7. The molecule has 0 saturated carbocycles. The molecule has 0 aliphatic carbocycles. The number of aryl methyl sites for hydroxylation is 4. The van der Waals surface area contributed by atoms with E-state index in [1.54, 1.807) is 0 Å². The Kier molecular flexibility index (Phi) is 18.4. The minimum absolute atomic E-state index is 0. The zero-order valence-corrected chi connectivity index (χ0v) is 24.1. The standard InChI is InChI=1S/2C12H12N2.2ClHO4.Cu.H2O/c2*1-9-5-3-7-11(13-9)12-8-4-6-10(2)14-12;2*2-1(3,4)5;;/h2*3-8H,1-2H3;2*(H,2,3,4,5);;1H2/q;;;;+2;/p-1. The summed E-state index contributed by atoms with van der Waals surface area (Å²) >= 11 is 0. The molecular weight excluding hydrogens is 623 g/mol. The number of halogens is 2. The number of hydrogen-bond acceptors (Lipinski definition) is 12. The van der Waals surface area contributed by atoms with Crippen LogP contribution < -0.4 is 37.3 Å². The Morgan fingerprint density at radius 1 is 0.400 bits per heavy atom. The first-order valence-corrected chi connectivity index (χ1v) is 13.0. The molecule has 0 saturated heterocycles. The number of pyridine rings is 4. The van der Waals surface area contributed by atoms with Crippen molar-refractivity contribution < 1.29 is 80.3 Å². The van der Waals surface area contributed by atoms with E-state index in [1.807, 2.05) is 100 Å². The Hall–Kier alpha value is -2.66. The van der Waals surface area contributed by atoms with Gasteiger partial charge >= 0.3 is 17.1 Å². The maximum absolute atomic E-state index is 8.49. The van der Waals surface area contributed by atoms with Crippen LogP contribution in [0.15, 0.2) is 72.8 Å². The molecule has 0 aliphatic heterocycles. The van der Waals surface area contributed by atoms with Gasteiger partial charge in [0.05, 0.1) is 22.8 Å². The molecule has 3 N–H and O–H groups in total. The van der Waals surface area contributed by atoms with Crippen molar-refractivity contribution in [3.05, 3.63) is 95.6 Å². The van der Waals surface area contributed by atoms with Crippen LogP contribution in [0.1, 0.15) is 22.8 Å². The maximum Gasteiger partial charge on any atom is 2.00 e. The van der Waals surface area contributed by atoms with Crippen LogP contribution in [-0.4, -0.2) is 19.9 Å². The van der Waals surface area contributed by atoms with Gasteiger partial charge < -0.3 is 5.48 Å². The van der Waals surface area contributed by atoms with Crippen LogP contribution in [0.2, 0.25) is 0 Å². The summed E-state index contributed by atoms with van der Waals surface area (Å²) in [5, 5.41) is 0. The fraction of sp³-hybridized carbons (Fsp3) is 0.167. The minimum Gasteiger partial charge on any atom is -0.457 e. The van der Waals surface area contributed by atoms with E-state index in [2.05, 4.69) is 19.9 Å². The first-order chi connectivity index (χ1) is 17.5. The third-order valence-corrected chi connectivity index (χ3v) is 4.08. The molecule has 4 rings (SSSR count). The normalized spacial score (nSPS) is 10.1. The smallest absolute Gasteiger partial charge is 0.457 e. The molecule has 1 radical (unpaired) electrons. The van der Waals surface area contributed by atoms with Gasteiger partial charge in [-0.15, -0.1) is 20.5 Å². The zero-order chi connectivity index (χ0) is 28.9. The summed E-state index contributed by atoms with van der Waals surface area (Å²) in [7, 11) is -9.89. The maximum atomic E-state index is 8.49. The van der Waals surface area contributed by atoms with Crippen LogP contribution in [-0.2, 0) is 22.5 Å². The van der Waals surface area contributed by atoms with Gasteiger partial charge in [0.15, 0.2) is 0 Å². The molecule has 0 bridgehead atoms. The first-order valence-electron chi connectivity index (χ1n) is 10.5. The number of nitrogens with zero attached hydrogens (tertiary/aromatic N) is 4. The average molecular weight is 650 g/mol. The third-order valence-electron chi connectivity index (χ3n) is 4.08. The second-order valence-corrected chi connectivity index (χ2v) is 8.92. The number of aromatic nitrogens is 4. The van der Waals surface area contributed by atoms with Crippen LogP contribution >= 0.6 is 0 Å². The molecule has 4 aromatic heterocycles. The van der Waals surface area contributed by atoms with E-state index >= 15 is 0 Å². The molecule has 221 valence electrons. The fourth-order valence-electron chi connectivity index (χ4n) is 2.74. The van der Waals surface area contributed by atoms with E-state index in [0.29, 0.717) is 0 Å². The Labute approximate surface area is 245 Å². The molecule has 16 heteroatoms. The number of rotatable bonds is 2. The Morgan fingerprint density at radius 3 is 0.675 bits per heavy atom. The SMILES string of the molecule is Cc1cccc(-c2cccc(C)n2)n1.Cc1cccc(-c2cccc(C)n2)n1.[Cu+2].[O-][Cl+3]([O-])([O-])[O-].[O-][Cl+3]([O-])([O-])[O-].[OH3+]. The fourth-order valence-corrected chi connectivity index (χ4v) is 2.74. The van der Waals surface area contributed by atoms with Gasteiger partial charge in [0.2, 0.25) is 0 Å². The minimum atomic E-state index is -4.94. The predicted molar refractivity (Wildman–Crippen MR) is 119 cm³/mol. The van der Waals surface area contributed by atoms with E-state index in [0.717, 1.165) is 45.6 Å². The predicted octanol–water partition coefficient (Wildman–Crippen LogP) is -4.92. The Balaban J connectivity index is 0. The topological polar surface area (TPSA) is 269 Å². The third kappa shape index (κ3) is 20.3. The van der Waals surface area contributed by atoms with Gasteiger partial charge in [0, 0.05) is 22.8 Å². The summed E-state index contributed by atoms with van der Waals surface area (Å²) in [6, 6.07) is 23.9. The van der Waals surface area contributed by atoms with Gasteiger partial charge in [-0.2, -0.15) is 0 Å². The van der Waals surface area contributed by atoms with E-state index < -0.39 is 20.5 Å². The molecule has 4 heterocycles. The molecule has 0 atom stereocenters. The van der Waals surface area contributed by atoms with Crippen molar-refractivity contribution in [3.8, 4) is 22.8 Å². The molecule has 13 nitrogen and oxygen atoms in total. The summed E-state index contributed by atoms with van der Waals surface area (Å²) < 4.78 is 67.9. The summed E-state index contributed by atoms with van der Waals surface area (Å²) in [5.74, 6) is 0. The van der Waals surface area contributed by atoms with Crippen molar-refractivity contribution in [1.82, 2.24) is 19.9 Å². The quantitative estimate of drug-likeness (QED) is 0.146. The van der Waals surface area contributed by atoms with Crippen molar-refractivity contribution >= 4 is 0 Å². The van der Waals surface area contributed by atoms with Gasteiger partial charge in [0.1, 0.15) is 0 Å². The molecule has 0 aromatic carbocycles. The van der Waals surface area contributed by atoms with Crippen LogP contribution in [0.3, 0.4) is 0 Å². The van der Waals surface area contributed by atoms with Gasteiger partial charge in [0.25, 0.3) is 0 Å². The van der Waals surface area contributed by atoms with E-state index in [1.165, 1.54) is 0 Å². The summed E-state index contributed by atoms with van der Waals surface area (Å²) in [6.45, 7) is 7.94. The van der Waals surface area contributed by atoms with Gasteiger partial charge in [-0.3, -0.25) is 19.9 Å². The van der Waals surface area contributed by atoms with Crippen molar-refractivity contribution in [2.24, 2.45) is 0 Å². The molecule has 40 heavy (non-hydrogen) atoms. The number of hydrogen-bond donors (Lipinski definition) is 0. The zero-order valence-electron chi connectivity index (χ0n) is 21.6.